The number of H-pyrrole nitrogens is 1. The number of aromatic amines is 1. The number of nitrogens with one attached hydrogen (secondary N) is 1. The Labute approximate surface area is 191 Å². The second kappa shape index (κ2) is 8.86. The van der Waals surface area contributed by atoms with Gasteiger partial charge >= 0.3 is 6.18 Å². The smallest absolute Gasteiger partial charge is 0.416 e. The van der Waals surface area contributed by atoms with Gasteiger partial charge in [-0.3, -0.25) is 4.79 Å². The van der Waals surface area contributed by atoms with Crippen LogP contribution in [0.5, 0.6) is 5.75 Å². The van der Waals surface area contributed by atoms with E-state index in [1.807, 2.05) is 32.0 Å². The lowest BCUT2D eigenvalue weighted by atomic mass is 9.63. The van der Waals surface area contributed by atoms with Crippen molar-refractivity contribution in [2.75, 3.05) is 0 Å². The molecule has 0 amide bonds. The first-order chi connectivity index (χ1) is 15.6. The molecule has 1 saturated carbocycles. The van der Waals surface area contributed by atoms with E-state index >= 15 is 0 Å². The summed E-state index contributed by atoms with van der Waals surface area (Å²) in [6.07, 6.45) is 0.531. The largest absolute Gasteiger partial charge is 0.490 e. The molecule has 0 aliphatic heterocycles. The van der Waals surface area contributed by atoms with Crippen LogP contribution >= 0.6 is 0 Å². The summed E-state index contributed by atoms with van der Waals surface area (Å²) in [6, 6.07) is 10.9. The number of fused-ring (bicyclic) bond motifs is 1. The van der Waals surface area contributed by atoms with Gasteiger partial charge in [-0.25, -0.2) is 0 Å². The van der Waals surface area contributed by atoms with Gasteiger partial charge in [0.15, 0.2) is 0 Å². The van der Waals surface area contributed by atoms with Gasteiger partial charge in [0, 0.05) is 23.0 Å². The number of halogens is 3. The van der Waals surface area contributed by atoms with Crippen molar-refractivity contribution in [3.63, 3.8) is 0 Å². The molecule has 3 aromatic rings. The minimum absolute atomic E-state index is 0.0638. The Morgan fingerprint density at radius 3 is 2.58 bits per heavy atom. The molecule has 0 spiro atoms. The zero-order valence-corrected chi connectivity index (χ0v) is 18.8. The van der Waals surface area contributed by atoms with Crippen molar-refractivity contribution in [3.05, 3.63) is 75.7 Å². The predicted octanol–water partition coefficient (Wildman–Crippen LogP) is 5.85. The van der Waals surface area contributed by atoms with Crippen LogP contribution in [0.3, 0.4) is 0 Å². The van der Waals surface area contributed by atoms with Crippen molar-refractivity contribution in [1.29, 1.82) is 0 Å². The van der Waals surface area contributed by atoms with E-state index in [1.54, 1.807) is 12.3 Å². The lowest BCUT2D eigenvalue weighted by molar-refractivity contribution is -0.137. The van der Waals surface area contributed by atoms with Crippen LogP contribution in [0, 0.1) is 6.92 Å². The highest BCUT2D eigenvalue weighted by atomic mass is 19.4. The second-order valence-corrected chi connectivity index (χ2v) is 9.08. The van der Waals surface area contributed by atoms with Crippen molar-refractivity contribution < 1.29 is 17.9 Å². The average Bonchev–Trinajstić information content (AvgIpc) is 2.80. The molecular formula is C26H29F3N2O2. The van der Waals surface area contributed by atoms with Gasteiger partial charge in [0.25, 0.3) is 5.56 Å². The Kier molecular flexibility index (Phi) is 6.27. The Morgan fingerprint density at radius 1 is 1.18 bits per heavy atom. The fraction of sp³-hybridized carbons (Fsp3) is 0.423. The van der Waals surface area contributed by atoms with E-state index in [1.165, 1.54) is 12.1 Å². The number of aryl methyl sites for hydroxylation is 1. The summed E-state index contributed by atoms with van der Waals surface area (Å²) in [5.41, 5.74) is 6.76. The van der Waals surface area contributed by atoms with Crippen molar-refractivity contribution in [1.82, 2.24) is 4.98 Å². The van der Waals surface area contributed by atoms with Crippen molar-refractivity contribution >= 4 is 10.8 Å². The first-order valence-corrected chi connectivity index (χ1v) is 11.4. The molecule has 1 aliphatic carbocycles. The molecule has 3 N–H and O–H groups in total. The first kappa shape index (κ1) is 23.4. The molecule has 1 unspecified atom stereocenters. The number of rotatable bonds is 5. The number of aromatic nitrogens is 1. The fourth-order valence-electron chi connectivity index (χ4n) is 5.12. The minimum Gasteiger partial charge on any atom is -0.490 e. The third-order valence-electron chi connectivity index (χ3n) is 7.10. The summed E-state index contributed by atoms with van der Waals surface area (Å²) < 4.78 is 46.4. The topological polar surface area (TPSA) is 68.1 Å². The molecule has 1 atom stereocenters. The van der Waals surface area contributed by atoms with Gasteiger partial charge in [0.1, 0.15) is 5.75 Å². The average molecular weight is 459 g/mol. The Bertz CT molecular complexity index is 1190. The number of alkyl halides is 3. The van der Waals surface area contributed by atoms with Gasteiger partial charge < -0.3 is 15.5 Å². The summed E-state index contributed by atoms with van der Waals surface area (Å²) in [4.78, 5) is 14.7. The standard InChI is InChI=1S/C26H29F3N2O2/c1-3-23(30)25(18-5-4-6-19(15-18)26(27,28)29)10-7-20(8-11-25)33-22-14-17-9-12-31-24(32)21(17)13-16(22)2/h4-6,9,12-15,20,23H,3,7-8,10-11,30H2,1-2H3,(H,31,32)/t20-,23?,25+. The molecule has 1 fully saturated rings. The van der Waals surface area contributed by atoms with Crippen molar-refractivity contribution in [3.8, 4) is 5.75 Å². The van der Waals surface area contributed by atoms with Crippen molar-refractivity contribution in [2.45, 2.75) is 69.7 Å². The molecular weight excluding hydrogens is 429 g/mol. The Balaban J connectivity index is 1.57. The van der Waals surface area contributed by atoms with Crippen LogP contribution in [0.15, 0.2) is 53.5 Å². The second-order valence-electron chi connectivity index (χ2n) is 9.08. The minimum atomic E-state index is -4.39. The maximum absolute atomic E-state index is 13.3. The molecule has 33 heavy (non-hydrogen) atoms. The third-order valence-corrected chi connectivity index (χ3v) is 7.10. The van der Waals surface area contributed by atoms with E-state index in [4.69, 9.17) is 10.5 Å². The zero-order chi connectivity index (χ0) is 23.8. The van der Waals surface area contributed by atoms with Crippen LogP contribution < -0.4 is 16.0 Å². The van der Waals surface area contributed by atoms with E-state index in [0.29, 0.717) is 43.1 Å². The number of hydrogen-bond donors (Lipinski definition) is 2. The highest BCUT2D eigenvalue weighted by Gasteiger charge is 2.43. The highest BCUT2D eigenvalue weighted by Crippen LogP contribution is 2.45. The van der Waals surface area contributed by atoms with Gasteiger partial charge in [-0.1, -0.05) is 25.1 Å². The lowest BCUT2D eigenvalue weighted by Crippen LogP contribution is -2.49. The molecule has 176 valence electrons. The molecule has 1 heterocycles. The molecule has 7 heteroatoms. The number of pyridine rings is 1. The fourth-order valence-corrected chi connectivity index (χ4v) is 5.12. The summed E-state index contributed by atoms with van der Waals surface area (Å²) in [7, 11) is 0. The summed E-state index contributed by atoms with van der Waals surface area (Å²) >= 11 is 0. The molecule has 1 aliphatic rings. The number of nitrogens with two attached hydrogens (primary N) is 1. The predicted molar refractivity (Wildman–Crippen MR) is 124 cm³/mol. The van der Waals surface area contributed by atoms with Crippen molar-refractivity contribution in [2.24, 2.45) is 5.73 Å². The van der Waals surface area contributed by atoms with Crippen LogP contribution in [0.25, 0.3) is 10.8 Å². The van der Waals surface area contributed by atoms with Crippen LogP contribution in [0.4, 0.5) is 13.2 Å². The Morgan fingerprint density at radius 2 is 1.91 bits per heavy atom. The van der Waals surface area contributed by atoms with E-state index < -0.39 is 17.2 Å². The van der Waals surface area contributed by atoms with E-state index in [2.05, 4.69) is 4.98 Å². The third kappa shape index (κ3) is 4.51. The quantitative estimate of drug-likeness (QED) is 0.504. The molecule has 4 rings (SSSR count). The van der Waals surface area contributed by atoms with E-state index in [-0.39, 0.29) is 17.7 Å². The lowest BCUT2D eigenvalue weighted by Gasteiger charge is -2.44. The van der Waals surface area contributed by atoms with Crippen LogP contribution in [0.2, 0.25) is 0 Å². The van der Waals surface area contributed by atoms with Gasteiger partial charge in [-0.2, -0.15) is 13.2 Å². The van der Waals surface area contributed by atoms with E-state index in [9.17, 15) is 18.0 Å². The maximum atomic E-state index is 13.3. The molecule has 0 radical (unpaired) electrons. The first-order valence-electron chi connectivity index (χ1n) is 11.4. The molecule has 0 saturated heterocycles. The molecule has 1 aromatic heterocycles. The maximum Gasteiger partial charge on any atom is 0.416 e. The van der Waals surface area contributed by atoms with E-state index in [0.717, 1.165) is 22.8 Å². The highest BCUT2D eigenvalue weighted by molar-refractivity contribution is 5.83. The normalized spacial score (nSPS) is 22.3. The molecule has 2 aromatic carbocycles. The molecule has 4 nitrogen and oxygen atoms in total. The van der Waals surface area contributed by atoms with Gasteiger partial charge in [-0.05, 0) is 79.8 Å². The SMILES string of the molecule is CCC(N)[C@]1(c2cccc(C(F)(F)F)c2)CC[C@H](Oc2cc3cc[nH]c(=O)c3cc2C)CC1. The summed E-state index contributed by atoms with van der Waals surface area (Å²) in [5, 5.41) is 1.42. The Hall–Kier alpha value is -2.80. The van der Waals surface area contributed by atoms with Crippen LogP contribution in [-0.4, -0.2) is 17.1 Å². The monoisotopic (exact) mass is 458 g/mol. The van der Waals surface area contributed by atoms with Crippen LogP contribution in [-0.2, 0) is 11.6 Å². The number of benzene rings is 2. The zero-order valence-electron chi connectivity index (χ0n) is 18.8. The van der Waals surface area contributed by atoms with Crippen LogP contribution in [0.1, 0.15) is 55.7 Å². The number of hydrogen-bond acceptors (Lipinski definition) is 3. The summed E-state index contributed by atoms with van der Waals surface area (Å²) in [6.45, 7) is 3.88. The number of ether oxygens (including phenoxy) is 1. The van der Waals surface area contributed by atoms with Gasteiger partial charge in [0.2, 0.25) is 0 Å². The molecule has 0 bridgehead atoms. The van der Waals surface area contributed by atoms with Gasteiger partial charge in [-0.15, -0.1) is 0 Å². The van der Waals surface area contributed by atoms with Gasteiger partial charge in [0.05, 0.1) is 11.7 Å². The summed E-state index contributed by atoms with van der Waals surface area (Å²) in [5.74, 6) is 0.726.